The Bertz CT molecular complexity index is 284. The lowest BCUT2D eigenvalue weighted by Gasteiger charge is -2.03. The average molecular weight is 304 g/mol. The second kappa shape index (κ2) is 15.4. The molecule has 22 heavy (non-hydrogen) atoms. The van der Waals surface area contributed by atoms with Crippen LogP contribution in [0.3, 0.4) is 0 Å². The third-order valence-electron chi connectivity index (χ3n) is 4.82. The SMILES string of the molecule is CCCCCCCCCCCCCCCCCC1=[C]CC=C1. The molecule has 0 heterocycles. The van der Waals surface area contributed by atoms with Gasteiger partial charge in [-0.25, -0.2) is 0 Å². The maximum atomic E-state index is 3.41. The number of allylic oxidation sites excluding steroid dienone is 4. The van der Waals surface area contributed by atoms with Gasteiger partial charge in [0.05, 0.1) is 0 Å². The normalized spacial score (nSPS) is 13.8. The van der Waals surface area contributed by atoms with E-state index in [0.29, 0.717) is 0 Å². The maximum Gasteiger partial charge on any atom is -0.00885 e. The lowest BCUT2D eigenvalue weighted by molar-refractivity contribution is 0.532. The topological polar surface area (TPSA) is 0 Å². The molecule has 1 radical (unpaired) electrons. The minimum Gasteiger partial charge on any atom is -0.0798 e. The first-order valence-electron chi connectivity index (χ1n) is 10.2. The second-order valence-corrected chi connectivity index (χ2v) is 7.01. The fraction of sp³-hybridized carbons (Fsp3) is 0.818. The number of hydrogen-bond donors (Lipinski definition) is 0. The number of rotatable bonds is 16. The van der Waals surface area contributed by atoms with E-state index in [-0.39, 0.29) is 0 Å². The molecule has 0 aromatic heterocycles. The summed E-state index contributed by atoms with van der Waals surface area (Å²) in [5.74, 6) is 0. The van der Waals surface area contributed by atoms with E-state index in [4.69, 9.17) is 0 Å². The monoisotopic (exact) mass is 303 g/mol. The third kappa shape index (κ3) is 12.1. The van der Waals surface area contributed by atoms with Gasteiger partial charge in [-0.15, -0.1) is 0 Å². The van der Waals surface area contributed by atoms with E-state index in [1.54, 1.807) is 0 Å². The summed E-state index contributed by atoms with van der Waals surface area (Å²) < 4.78 is 0. The van der Waals surface area contributed by atoms with Gasteiger partial charge >= 0.3 is 0 Å². The van der Waals surface area contributed by atoms with Crippen molar-refractivity contribution in [3.63, 3.8) is 0 Å². The lowest BCUT2D eigenvalue weighted by atomic mass is 10.0. The Morgan fingerprint density at radius 1 is 0.682 bits per heavy atom. The van der Waals surface area contributed by atoms with Crippen molar-refractivity contribution in [1.29, 1.82) is 0 Å². The van der Waals surface area contributed by atoms with Gasteiger partial charge in [0.2, 0.25) is 0 Å². The van der Waals surface area contributed by atoms with Gasteiger partial charge in [0, 0.05) is 0 Å². The Labute approximate surface area is 140 Å². The van der Waals surface area contributed by atoms with Crippen molar-refractivity contribution in [2.45, 2.75) is 116 Å². The van der Waals surface area contributed by atoms with Crippen LogP contribution < -0.4 is 0 Å². The molecule has 0 saturated heterocycles. The van der Waals surface area contributed by atoms with Crippen molar-refractivity contribution in [2.75, 3.05) is 0 Å². The van der Waals surface area contributed by atoms with Gasteiger partial charge < -0.3 is 0 Å². The van der Waals surface area contributed by atoms with Crippen molar-refractivity contribution < 1.29 is 0 Å². The fourth-order valence-electron chi connectivity index (χ4n) is 3.31. The average Bonchev–Trinajstić information content (AvgIpc) is 3.04. The zero-order valence-corrected chi connectivity index (χ0v) is 15.2. The van der Waals surface area contributed by atoms with Gasteiger partial charge in [-0.05, 0) is 30.9 Å². The molecule has 0 aromatic rings. The maximum absolute atomic E-state index is 3.41. The van der Waals surface area contributed by atoms with Crippen molar-refractivity contribution in [3.05, 3.63) is 23.8 Å². The van der Waals surface area contributed by atoms with Crippen molar-refractivity contribution in [3.8, 4) is 0 Å². The number of unbranched alkanes of at least 4 members (excludes halogenated alkanes) is 14. The van der Waals surface area contributed by atoms with Crippen LogP contribution in [0.25, 0.3) is 0 Å². The van der Waals surface area contributed by atoms with E-state index in [0.717, 1.165) is 6.42 Å². The summed E-state index contributed by atoms with van der Waals surface area (Å²) in [5.41, 5.74) is 1.45. The summed E-state index contributed by atoms with van der Waals surface area (Å²) >= 11 is 0. The second-order valence-electron chi connectivity index (χ2n) is 7.01. The van der Waals surface area contributed by atoms with E-state index in [9.17, 15) is 0 Å². The Morgan fingerprint density at radius 3 is 1.55 bits per heavy atom. The summed E-state index contributed by atoms with van der Waals surface area (Å²) in [4.78, 5) is 0. The molecule has 0 N–H and O–H groups in total. The van der Waals surface area contributed by atoms with E-state index in [2.05, 4.69) is 25.2 Å². The molecule has 0 unspecified atom stereocenters. The van der Waals surface area contributed by atoms with Crippen LogP contribution in [0, 0.1) is 6.08 Å². The molecule has 1 rings (SSSR count). The first-order valence-corrected chi connectivity index (χ1v) is 10.2. The van der Waals surface area contributed by atoms with E-state index in [1.165, 1.54) is 108 Å². The predicted octanol–water partition coefficient (Wildman–Crippen LogP) is 7.94. The van der Waals surface area contributed by atoms with Crippen LogP contribution in [0.5, 0.6) is 0 Å². The van der Waals surface area contributed by atoms with Gasteiger partial charge in [-0.2, -0.15) is 0 Å². The van der Waals surface area contributed by atoms with Crippen LogP contribution in [0.1, 0.15) is 116 Å². The third-order valence-corrected chi connectivity index (χ3v) is 4.82. The Hall–Kier alpha value is -0.520. The quantitative estimate of drug-likeness (QED) is 0.254. The molecular weight excluding hydrogens is 264 g/mol. The van der Waals surface area contributed by atoms with E-state index >= 15 is 0 Å². The molecule has 0 aromatic carbocycles. The summed E-state index contributed by atoms with van der Waals surface area (Å²) in [6.07, 6.45) is 31.9. The fourth-order valence-corrected chi connectivity index (χ4v) is 3.31. The highest BCUT2D eigenvalue weighted by Crippen LogP contribution is 2.17. The summed E-state index contributed by atoms with van der Waals surface area (Å²) in [6, 6.07) is 0. The highest BCUT2D eigenvalue weighted by atomic mass is 14.0. The molecule has 0 aliphatic heterocycles. The summed E-state index contributed by atoms with van der Waals surface area (Å²) in [6.45, 7) is 2.29. The van der Waals surface area contributed by atoms with E-state index < -0.39 is 0 Å². The van der Waals surface area contributed by atoms with Crippen molar-refractivity contribution >= 4 is 0 Å². The number of hydrogen-bond acceptors (Lipinski definition) is 0. The summed E-state index contributed by atoms with van der Waals surface area (Å²) in [5, 5.41) is 0. The molecule has 0 atom stereocenters. The highest BCUT2D eigenvalue weighted by molar-refractivity contribution is 5.21. The zero-order chi connectivity index (χ0) is 15.7. The predicted molar refractivity (Wildman–Crippen MR) is 100 cm³/mol. The molecule has 0 nitrogen and oxygen atoms in total. The van der Waals surface area contributed by atoms with Gasteiger partial charge in [-0.3, -0.25) is 0 Å². The molecule has 0 fully saturated rings. The van der Waals surface area contributed by atoms with Crippen molar-refractivity contribution in [1.82, 2.24) is 0 Å². The molecule has 1 aliphatic carbocycles. The minimum atomic E-state index is 1.05. The zero-order valence-electron chi connectivity index (χ0n) is 15.2. The van der Waals surface area contributed by atoms with Crippen LogP contribution in [0.15, 0.2) is 17.7 Å². The molecule has 0 heteroatoms. The molecule has 0 bridgehead atoms. The van der Waals surface area contributed by atoms with Crippen LogP contribution in [-0.4, -0.2) is 0 Å². The first-order chi connectivity index (χ1) is 10.9. The molecular formula is C22H39. The largest absolute Gasteiger partial charge is 0.0798 e. The summed E-state index contributed by atoms with van der Waals surface area (Å²) in [7, 11) is 0. The van der Waals surface area contributed by atoms with Gasteiger partial charge in [0.1, 0.15) is 0 Å². The van der Waals surface area contributed by atoms with Crippen LogP contribution in [-0.2, 0) is 0 Å². The Morgan fingerprint density at radius 2 is 1.14 bits per heavy atom. The molecule has 0 spiro atoms. The van der Waals surface area contributed by atoms with Gasteiger partial charge in [-0.1, -0.05) is 109 Å². The van der Waals surface area contributed by atoms with E-state index in [1.807, 2.05) is 0 Å². The Balaban J connectivity index is 1.67. The van der Waals surface area contributed by atoms with Crippen molar-refractivity contribution in [2.24, 2.45) is 0 Å². The van der Waals surface area contributed by atoms with Crippen LogP contribution >= 0.6 is 0 Å². The molecule has 0 saturated carbocycles. The Kier molecular flexibility index (Phi) is 13.6. The van der Waals surface area contributed by atoms with Gasteiger partial charge in [0.25, 0.3) is 0 Å². The molecule has 0 amide bonds. The lowest BCUT2D eigenvalue weighted by Crippen LogP contribution is -1.84. The van der Waals surface area contributed by atoms with Crippen LogP contribution in [0.2, 0.25) is 0 Å². The standard InChI is InChI=1S/C22H39/c1-2-3-4-5-6-7-8-9-10-11-12-13-14-15-16-19-22-20-17-18-21-22/h17,20H,2-16,18-19H2,1H3. The first kappa shape index (κ1) is 19.5. The smallest absolute Gasteiger partial charge is 0.00885 e. The minimum absolute atomic E-state index is 1.05. The van der Waals surface area contributed by atoms with Gasteiger partial charge in [0.15, 0.2) is 0 Å². The highest BCUT2D eigenvalue weighted by Gasteiger charge is 1.98. The molecule has 127 valence electrons. The molecule has 1 aliphatic rings. The van der Waals surface area contributed by atoms with Crippen LogP contribution in [0.4, 0.5) is 0 Å².